The second-order valence-corrected chi connectivity index (χ2v) is 3.18. The number of alkyl halides is 2. The molecule has 0 aromatic carbocycles. The van der Waals surface area contributed by atoms with Crippen molar-refractivity contribution in [1.82, 2.24) is 4.98 Å². The van der Waals surface area contributed by atoms with Crippen molar-refractivity contribution in [2.45, 2.75) is 27.2 Å². The van der Waals surface area contributed by atoms with Gasteiger partial charge in [0.05, 0.1) is 0 Å². The fraction of sp³-hybridized carbons (Fsp3) is 0.400. The first-order valence-corrected chi connectivity index (χ1v) is 4.20. The quantitative estimate of drug-likeness (QED) is 0.685. The molecule has 0 atom stereocenters. The maximum Gasteiger partial charge on any atom is 0.280 e. The molecule has 0 saturated carbocycles. The number of hydrogen-bond acceptors (Lipinski definition) is 2. The van der Waals surface area contributed by atoms with E-state index >= 15 is 0 Å². The molecule has 0 radical (unpaired) electrons. The van der Waals surface area contributed by atoms with Gasteiger partial charge in [-0.05, 0) is 32.4 Å². The predicted octanol–water partition coefficient (Wildman–Crippen LogP) is 2.84. The van der Waals surface area contributed by atoms with Crippen LogP contribution in [-0.4, -0.2) is 10.8 Å². The van der Waals surface area contributed by atoms with E-state index in [-0.39, 0.29) is 11.5 Å². The van der Waals surface area contributed by atoms with E-state index in [0.29, 0.717) is 16.8 Å². The number of aromatic nitrogens is 1. The topological polar surface area (TPSA) is 30.0 Å². The zero-order chi connectivity index (χ0) is 10.9. The summed E-state index contributed by atoms with van der Waals surface area (Å²) in [4.78, 5) is 14.8. The molecule has 0 aliphatic rings. The van der Waals surface area contributed by atoms with Crippen molar-refractivity contribution >= 4 is 5.78 Å². The normalized spacial score (nSPS) is 10.7. The second-order valence-electron chi connectivity index (χ2n) is 3.18. The monoisotopic (exact) mass is 199 g/mol. The number of aryl methyl sites for hydroxylation is 2. The summed E-state index contributed by atoms with van der Waals surface area (Å²) in [5.74, 6) is -0.145. The summed E-state index contributed by atoms with van der Waals surface area (Å²) in [6, 6.07) is 1.26. The number of carbonyl (C=O) groups is 1. The molecule has 0 N–H and O–H groups in total. The highest BCUT2D eigenvalue weighted by Gasteiger charge is 2.15. The molecule has 0 bridgehead atoms. The van der Waals surface area contributed by atoms with Crippen molar-refractivity contribution < 1.29 is 13.6 Å². The fourth-order valence-corrected chi connectivity index (χ4v) is 1.51. The number of ketones is 1. The summed E-state index contributed by atoms with van der Waals surface area (Å²) in [5, 5.41) is 0. The molecule has 1 rings (SSSR count). The van der Waals surface area contributed by atoms with Gasteiger partial charge in [-0.2, -0.15) is 0 Å². The lowest BCUT2D eigenvalue weighted by atomic mass is 10.0. The van der Waals surface area contributed by atoms with E-state index in [1.807, 2.05) is 0 Å². The van der Waals surface area contributed by atoms with Gasteiger partial charge in [0, 0.05) is 11.3 Å². The van der Waals surface area contributed by atoms with Crippen LogP contribution in [0.3, 0.4) is 0 Å². The van der Waals surface area contributed by atoms with Crippen molar-refractivity contribution in [2.75, 3.05) is 0 Å². The van der Waals surface area contributed by atoms with Gasteiger partial charge in [-0.3, -0.25) is 9.78 Å². The first-order chi connectivity index (χ1) is 6.43. The number of Topliss-reactive ketones (excluding diaryl/α,β-unsaturated/α-hetero) is 1. The Hall–Kier alpha value is -1.32. The minimum Gasteiger partial charge on any atom is -0.294 e. The number of nitrogens with zero attached hydrogens (tertiary/aromatic N) is 1. The molecule has 1 heterocycles. The Morgan fingerprint density at radius 1 is 1.43 bits per heavy atom. The van der Waals surface area contributed by atoms with Crippen LogP contribution in [0.4, 0.5) is 8.78 Å². The Kier molecular flexibility index (Phi) is 2.93. The standard InChI is InChI=1S/C10H11F2NO/c1-5-4-8(10(11)12)13-6(2)9(5)7(3)14/h4,10H,1-3H3. The molecule has 0 fully saturated rings. The van der Waals surface area contributed by atoms with Gasteiger partial charge < -0.3 is 0 Å². The molecule has 1 aromatic rings. The molecule has 1 aromatic heterocycles. The zero-order valence-corrected chi connectivity index (χ0v) is 8.27. The average molecular weight is 199 g/mol. The molecule has 0 aliphatic carbocycles. The van der Waals surface area contributed by atoms with Crippen molar-refractivity contribution in [2.24, 2.45) is 0 Å². The molecule has 0 aliphatic heterocycles. The third-order valence-electron chi connectivity index (χ3n) is 1.99. The maximum absolute atomic E-state index is 12.3. The molecule has 0 unspecified atom stereocenters. The van der Waals surface area contributed by atoms with Gasteiger partial charge in [-0.1, -0.05) is 0 Å². The largest absolute Gasteiger partial charge is 0.294 e. The highest BCUT2D eigenvalue weighted by atomic mass is 19.3. The van der Waals surface area contributed by atoms with E-state index in [2.05, 4.69) is 4.98 Å². The Labute approximate surface area is 81.0 Å². The third-order valence-corrected chi connectivity index (χ3v) is 1.99. The van der Waals surface area contributed by atoms with Crippen LogP contribution in [0.2, 0.25) is 0 Å². The van der Waals surface area contributed by atoms with Crippen LogP contribution in [0.25, 0.3) is 0 Å². The lowest BCUT2D eigenvalue weighted by Crippen LogP contribution is -2.05. The van der Waals surface area contributed by atoms with E-state index in [4.69, 9.17) is 0 Å². The van der Waals surface area contributed by atoms with Gasteiger partial charge >= 0.3 is 0 Å². The van der Waals surface area contributed by atoms with Crippen molar-refractivity contribution in [3.63, 3.8) is 0 Å². The first-order valence-electron chi connectivity index (χ1n) is 4.20. The highest BCUT2D eigenvalue weighted by Crippen LogP contribution is 2.21. The van der Waals surface area contributed by atoms with E-state index < -0.39 is 6.43 Å². The number of pyridine rings is 1. The number of halogens is 2. The van der Waals surface area contributed by atoms with E-state index in [0.717, 1.165) is 0 Å². The van der Waals surface area contributed by atoms with Gasteiger partial charge in [-0.25, -0.2) is 8.78 Å². The van der Waals surface area contributed by atoms with Crippen molar-refractivity contribution in [1.29, 1.82) is 0 Å². The van der Waals surface area contributed by atoms with Crippen molar-refractivity contribution in [3.05, 3.63) is 28.6 Å². The Bertz CT molecular complexity index is 351. The molecule has 4 heteroatoms. The number of carbonyl (C=O) groups excluding carboxylic acids is 1. The molecule has 0 saturated heterocycles. The lowest BCUT2D eigenvalue weighted by molar-refractivity contribution is 0.101. The molecule has 76 valence electrons. The van der Waals surface area contributed by atoms with E-state index in [9.17, 15) is 13.6 Å². The second kappa shape index (κ2) is 3.82. The molecule has 2 nitrogen and oxygen atoms in total. The van der Waals surface area contributed by atoms with Crippen LogP contribution in [0, 0.1) is 13.8 Å². The van der Waals surface area contributed by atoms with Gasteiger partial charge in [0.25, 0.3) is 6.43 Å². The molecular formula is C10H11F2NO. The van der Waals surface area contributed by atoms with Crippen LogP contribution in [0.15, 0.2) is 6.07 Å². The van der Waals surface area contributed by atoms with Gasteiger partial charge in [0.1, 0.15) is 5.69 Å². The minimum atomic E-state index is -2.59. The molecule has 0 spiro atoms. The van der Waals surface area contributed by atoms with Crippen LogP contribution in [-0.2, 0) is 0 Å². The number of hydrogen-bond donors (Lipinski definition) is 0. The third kappa shape index (κ3) is 1.95. The minimum absolute atomic E-state index is 0.145. The number of rotatable bonds is 2. The van der Waals surface area contributed by atoms with Crippen LogP contribution >= 0.6 is 0 Å². The van der Waals surface area contributed by atoms with E-state index in [1.54, 1.807) is 13.8 Å². The summed E-state index contributed by atoms with van der Waals surface area (Å²) < 4.78 is 24.6. The molecular weight excluding hydrogens is 188 g/mol. The maximum atomic E-state index is 12.3. The Balaban J connectivity index is 3.32. The lowest BCUT2D eigenvalue weighted by Gasteiger charge is -2.08. The summed E-state index contributed by atoms with van der Waals surface area (Å²) in [6.45, 7) is 4.60. The van der Waals surface area contributed by atoms with Gasteiger partial charge in [0.2, 0.25) is 0 Å². The molecule has 0 amide bonds. The molecule has 14 heavy (non-hydrogen) atoms. The van der Waals surface area contributed by atoms with Gasteiger partial charge in [-0.15, -0.1) is 0 Å². The Morgan fingerprint density at radius 3 is 2.36 bits per heavy atom. The first kappa shape index (κ1) is 10.8. The summed E-state index contributed by atoms with van der Waals surface area (Å²) in [7, 11) is 0. The van der Waals surface area contributed by atoms with Gasteiger partial charge in [0.15, 0.2) is 5.78 Å². The zero-order valence-electron chi connectivity index (χ0n) is 8.27. The average Bonchev–Trinajstić information content (AvgIpc) is 2.01. The fourth-order valence-electron chi connectivity index (χ4n) is 1.51. The summed E-state index contributed by atoms with van der Waals surface area (Å²) >= 11 is 0. The van der Waals surface area contributed by atoms with Crippen LogP contribution in [0.5, 0.6) is 0 Å². The smallest absolute Gasteiger partial charge is 0.280 e. The summed E-state index contributed by atoms with van der Waals surface area (Å²) in [6.07, 6.45) is -2.59. The summed E-state index contributed by atoms with van der Waals surface area (Å²) in [5.41, 5.74) is 1.09. The predicted molar refractivity (Wildman–Crippen MR) is 48.7 cm³/mol. The highest BCUT2D eigenvalue weighted by molar-refractivity contribution is 5.96. The van der Waals surface area contributed by atoms with Crippen molar-refractivity contribution in [3.8, 4) is 0 Å². The van der Waals surface area contributed by atoms with E-state index in [1.165, 1.54) is 13.0 Å². The van der Waals surface area contributed by atoms with Crippen LogP contribution in [0.1, 0.15) is 40.7 Å². The van der Waals surface area contributed by atoms with Crippen LogP contribution < -0.4 is 0 Å². The SMILES string of the molecule is CC(=O)c1c(C)cc(C(F)F)nc1C. The Morgan fingerprint density at radius 2 is 2.00 bits per heavy atom.